The number of anilines is 1. The third-order valence-corrected chi connectivity index (χ3v) is 4.12. The molecule has 0 radical (unpaired) electrons. The zero-order chi connectivity index (χ0) is 13.0. The molecule has 5 heteroatoms. The summed E-state index contributed by atoms with van der Waals surface area (Å²) in [5.41, 5.74) is 1.05. The second kappa shape index (κ2) is 6.36. The van der Waals surface area contributed by atoms with Crippen LogP contribution in [0.2, 0.25) is 0 Å². The second-order valence-corrected chi connectivity index (χ2v) is 5.21. The van der Waals surface area contributed by atoms with Gasteiger partial charge in [0.25, 0.3) is 0 Å². The molecule has 18 heavy (non-hydrogen) atoms. The maximum Gasteiger partial charge on any atom is 0.221 e. The average Bonchev–Trinajstić information content (AvgIpc) is 2.41. The van der Waals surface area contributed by atoms with Crippen molar-refractivity contribution >= 4 is 21.7 Å². The molecule has 1 saturated heterocycles. The van der Waals surface area contributed by atoms with Crippen LogP contribution in [-0.4, -0.2) is 34.5 Å². The van der Waals surface area contributed by atoms with Crippen molar-refractivity contribution in [3.05, 3.63) is 11.9 Å². The molecule has 1 atom stereocenters. The van der Waals surface area contributed by atoms with E-state index in [4.69, 9.17) is 4.74 Å². The monoisotopic (exact) mass is 313 g/mol. The first-order valence-corrected chi connectivity index (χ1v) is 7.67. The number of rotatable bonds is 4. The van der Waals surface area contributed by atoms with Gasteiger partial charge in [0.15, 0.2) is 0 Å². The molecule has 0 aromatic carbocycles. The van der Waals surface area contributed by atoms with Crippen molar-refractivity contribution in [3.63, 3.8) is 0 Å². The van der Waals surface area contributed by atoms with E-state index in [0.29, 0.717) is 18.5 Å². The predicted molar refractivity (Wildman–Crippen MR) is 76.7 cm³/mol. The third-order valence-electron chi connectivity index (χ3n) is 3.37. The van der Waals surface area contributed by atoms with Gasteiger partial charge in [-0.2, -0.15) is 0 Å². The standard InChI is InChI=1S/C13H20BrN3O/c1-3-18-13-10(2)12(15-9-16-13)17-7-5-4-6-11(17)8-14/h9,11H,3-8H2,1-2H3. The quantitative estimate of drug-likeness (QED) is 0.801. The molecule has 4 nitrogen and oxygen atoms in total. The Balaban J connectivity index is 2.28. The van der Waals surface area contributed by atoms with E-state index in [1.165, 1.54) is 19.3 Å². The van der Waals surface area contributed by atoms with Gasteiger partial charge in [0.1, 0.15) is 12.1 Å². The van der Waals surface area contributed by atoms with Crippen molar-refractivity contribution in [3.8, 4) is 5.88 Å². The van der Waals surface area contributed by atoms with Gasteiger partial charge < -0.3 is 9.64 Å². The summed E-state index contributed by atoms with van der Waals surface area (Å²) in [4.78, 5) is 11.0. The average molecular weight is 314 g/mol. The summed E-state index contributed by atoms with van der Waals surface area (Å²) in [7, 11) is 0. The van der Waals surface area contributed by atoms with Crippen molar-refractivity contribution in [2.24, 2.45) is 0 Å². The first kappa shape index (κ1) is 13.6. The fourth-order valence-electron chi connectivity index (χ4n) is 2.44. The lowest BCUT2D eigenvalue weighted by Crippen LogP contribution is -2.41. The van der Waals surface area contributed by atoms with E-state index in [-0.39, 0.29) is 0 Å². The number of aromatic nitrogens is 2. The topological polar surface area (TPSA) is 38.3 Å². The minimum absolute atomic E-state index is 0.529. The van der Waals surface area contributed by atoms with Gasteiger partial charge in [-0.3, -0.25) is 0 Å². The van der Waals surface area contributed by atoms with Gasteiger partial charge in [-0.25, -0.2) is 9.97 Å². The van der Waals surface area contributed by atoms with Crippen LogP contribution < -0.4 is 9.64 Å². The normalized spacial score (nSPS) is 19.9. The Hall–Kier alpha value is -0.840. The number of hydrogen-bond acceptors (Lipinski definition) is 4. The molecule has 0 aliphatic carbocycles. The zero-order valence-electron chi connectivity index (χ0n) is 11.0. The summed E-state index contributed by atoms with van der Waals surface area (Å²) >= 11 is 3.61. The number of hydrogen-bond donors (Lipinski definition) is 0. The minimum atomic E-state index is 0.529. The van der Waals surface area contributed by atoms with Gasteiger partial charge >= 0.3 is 0 Å². The van der Waals surface area contributed by atoms with Crippen molar-refractivity contribution in [2.45, 2.75) is 39.2 Å². The molecular weight excluding hydrogens is 294 g/mol. The van der Waals surface area contributed by atoms with Gasteiger partial charge in [0, 0.05) is 17.9 Å². The van der Waals surface area contributed by atoms with Crippen molar-refractivity contribution < 1.29 is 4.74 Å². The Kier molecular flexibility index (Phi) is 4.80. The number of halogens is 1. The highest BCUT2D eigenvalue weighted by Gasteiger charge is 2.25. The lowest BCUT2D eigenvalue weighted by Gasteiger charge is -2.36. The predicted octanol–water partition coefficient (Wildman–Crippen LogP) is 2.94. The van der Waals surface area contributed by atoms with E-state index in [1.54, 1.807) is 6.33 Å². The SMILES string of the molecule is CCOc1ncnc(N2CCCCC2CBr)c1C. The Labute approximate surface area is 117 Å². The lowest BCUT2D eigenvalue weighted by molar-refractivity contribution is 0.323. The van der Waals surface area contributed by atoms with E-state index in [9.17, 15) is 0 Å². The summed E-state index contributed by atoms with van der Waals surface area (Å²) in [5.74, 6) is 1.74. The fraction of sp³-hybridized carbons (Fsp3) is 0.692. The molecule has 2 heterocycles. The van der Waals surface area contributed by atoms with Crippen LogP contribution in [0.25, 0.3) is 0 Å². The van der Waals surface area contributed by atoms with Gasteiger partial charge in [-0.05, 0) is 33.1 Å². The summed E-state index contributed by atoms with van der Waals surface area (Å²) in [6, 6.07) is 0.529. The molecule has 2 rings (SSSR count). The first-order valence-electron chi connectivity index (χ1n) is 6.55. The molecule has 0 bridgehead atoms. The van der Waals surface area contributed by atoms with Crippen molar-refractivity contribution in [1.82, 2.24) is 9.97 Å². The van der Waals surface area contributed by atoms with Crippen molar-refractivity contribution in [2.75, 3.05) is 23.4 Å². The van der Waals surface area contributed by atoms with Gasteiger partial charge in [0.2, 0.25) is 5.88 Å². The Morgan fingerprint density at radius 1 is 1.44 bits per heavy atom. The Morgan fingerprint density at radius 2 is 2.28 bits per heavy atom. The number of ether oxygens (including phenoxy) is 1. The Morgan fingerprint density at radius 3 is 3.00 bits per heavy atom. The van der Waals surface area contributed by atoms with E-state index >= 15 is 0 Å². The smallest absolute Gasteiger partial charge is 0.221 e. The summed E-state index contributed by atoms with van der Waals surface area (Å²) in [6.07, 6.45) is 5.36. The Bertz CT molecular complexity index is 400. The van der Waals surface area contributed by atoms with Gasteiger partial charge in [0.05, 0.1) is 12.2 Å². The van der Waals surface area contributed by atoms with E-state index in [0.717, 1.165) is 23.3 Å². The number of nitrogens with zero attached hydrogens (tertiary/aromatic N) is 3. The molecule has 0 saturated carbocycles. The van der Waals surface area contributed by atoms with Crippen LogP contribution >= 0.6 is 15.9 Å². The van der Waals surface area contributed by atoms with Crippen LogP contribution in [0.4, 0.5) is 5.82 Å². The maximum absolute atomic E-state index is 5.55. The maximum atomic E-state index is 5.55. The molecule has 1 fully saturated rings. The highest BCUT2D eigenvalue weighted by atomic mass is 79.9. The molecule has 100 valence electrons. The van der Waals surface area contributed by atoms with Crippen LogP contribution in [0.3, 0.4) is 0 Å². The fourth-order valence-corrected chi connectivity index (χ4v) is 3.11. The van der Waals surface area contributed by atoms with Gasteiger partial charge in [-0.1, -0.05) is 15.9 Å². The third kappa shape index (κ3) is 2.76. The summed E-state index contributed by atoms with van der Waals surface area (Å²) in [6.45, 7) is 5.72. The highest BCUT2D eigenvalue weighted by molar-refractivity contribution is 9.09. The minimum Gasteiger partial charge on any atom is -0.478 e. The summed E-state index contributed by atoms with van der Waals surface area (Å²) < 4.78 is 5.55. The van der Waals surface area contributed by atoms with Crippen LogP contribution in [0.5, 0.6) is 5.88 Å². The molecule has 0 spiro atoms. The number of piperidine rings is 1. The largest absolute Gasteiger partial charge is 0.478 e. The van der Waals surface area contributed by atoms with E-state index in [1.807, 2.05) is 13.8 Å². The lowest BCUT2D eigenvalue weighted by atomic mass is 10.0. The van der Waals surface area contributed by atoms with Crippen LogP contribution in [0.15, 0.2) is 6.33 Å². The molecule has 0 amide bonds. The van der Waals surface area contributed by atoms with E-state index < -0.39 is 0 Å². The molecule has 1 unspecified atom stereocenters. The molecule has 1 aromatic rings. The van der Waals surface area contributed by atoms with Crippen LogP contribution in [-0.2, 0) is 0 Å². The zero-order valence-corrected chi connectivity index (χ0v) is 12.6. The molecule has 0 N–H and O–H groups in total. The molecule has 1 aliphatic heterocycles. The molecule has 1 aliphatic rings. The van der Waals surface area contributed by atoms with Crippen molar-refractivity contribution in [1.29, 1.82) is 0 Å². The first-order chi connectivity index (χ1) is 8.77. The summed E-state index contributed by atoms with van der Waals surface area (Å²) in [5, 5.41) is 0.987. The highest BCUT2D eigenvalue weighted by Crippen LogP contribution is 2.29. The van der Waals surface area contributed by atoms with Crippen LogP contribution in [0.1, 0.15) is 31.7 Å². The molecule has 1 aromatic heterocycles. The molecular formula is C13H20BrN3O. The number of alkyl halides is 1. The second-order valence-electron chi connectivity index (χ2n) is 4.56. The van der Waals surface area contributed by atoms with Crippen LogP contribution in [0, 0.1) is 6.92 Å². The van der Waals surface area contributed by atoms with E-state index in [2.05, 4.69) is 30.8 Å². The van der Waals surface area contributed by atoms with Gasteiger partial charge in [-0.15, -0.1) is 0 Å².